The van der Waals surface area contributed by atoms with Gasteiger partial charge in [-0.1, -0.05) is 19.9 Å². The number of hydrogen-bond acceptors (Lipinski definition) is 6. The van der Waals surface area contributed by atoms with E-state index < -0.39 is 17.0 Å². The van der Waals surface area contributed by atoms with Crippen LogP contribution in [0.4, 0.5) is 8.78 Å². The van der Waals surface area contributed by atoms with Gasteiger partial charge >= 0.3 is 0 Å². The molecule has 7 nitrogen and oxygen atoms in total. The third kappa shape index (κ3) is 3.87. The molecule has 0 radical (unpaired) electrons. The first-order valence-corrected chi connectivity index (χ1v) is 11.7. The topological polar surface area (TPSA) is 89.9 Å². The second kappa shape index (κ2) is 8.71. The maximum Gasteiger partial charge on any atom is 0.271 e. The molecule has 3 aromatic rings. The third-order valence-corrected chi connectivity index (χ3v) is 7.38. The van der Waals surface area contributed by atoms with E-state index in [9.17, 15) is 13.6 Å². The van der Waals surface area contributed by atoms with Crippen molar-refractivity contribution in [2.24, 2.45) is 5.41 Å². The van der Waals surface area contributed by atoms with Crippen LogP contribution in [0.15, 0.2) is 36.7 Å². The number of nitrogens with one attached hydrogen (secondary N) is 1. The fourth-order valence-electron chi connectivity index (χ4n) is 5.86. The Morgan fingerprint density at radius 3 is 2.69 bits per heavy atom. The summed E-state index contributed by atoms with van der Waals surface area (Å²) in [5, 5.41) is 11.6. The average molecular weight is 480 g/mol. The quantitative estimate of drug-likeness (QED) is 0.534. The van der Waals surface area contributed by atoms with Crippen LogP contribution < -0.4 is 5.32 Å². The molecule has 2 bridgehead atoms. The van der Waals surface area contributed by atoms with Crippen LogP contribution >= 0.6 is 0 Å². The molecule has 3 aliphatic rings. The van der Waals surface area contributed by atoms with Gasteiger partial charge in [0.05, 0.1) is 40.9 Å². The van der Waals surface area contributed by atoms with Crippen molar-refractivity contribution in [1.29, 1.82) is 0 Å². The number of methoxy groups -OCH3 is 1. The molecule has 9 heteroatoms. The van der Waals surface area contributed by atoms with Gasteiger partial charge < -0.3 is 10.1 Å². The molecule has 182 valence electrons. The highest BCUT2D eigenvalue weighted by Crippen LogP contribution is 2.62. The summed E-state index contributed by atoms with van der Waals surface area (Å²) in [5.74, 6) is -1.51. The summed E-state index contributed by atoms with van der Waals surface area (Å²) in [7, 11) is 1.57. The van der Waals surface area contributed by atoms with Gasteiger partial charge in [-0.3, -0.25) is 9.78 Å². The lowest BCUT2D eigenvalue weighted by molar-refractivity contribution is 0.0927. The van der Waals surface area contributed by atoms with Gasteiger partial charge in [0.25, 0.3) is 5.91 Å². The van der Waals surface area contributed by atoms with E-state index in [0.717, 1.165) is 30.5 Å². The van der Waals surface area contributed by atoms with E-state index in [1.165, 1.54) is 24.4 Å². The van der Waals surface area contributed by atoms with E-state index in [1.54, 1.807) is 19.4 Å². The molecule has 35 heavy (non-hydrogen) atoms. The second-order valence-corrected chi connectivity index (χ2v) is 10.0. The smallest absolute Gasteiger partial charge is 0.271 e. The SMILES string of the molecule is COCCNC(=O)c1cncc([C@@]23CC[C@@H](c4cc(-c5c(F)cccc5F)nnc42)C(C)(C)C3)n1. The maximum atomic E-state index is 14.5. The Morgan fingerprint density at radius 1 is 1.20 bits per heavy atom. The predicted molar refractivity (Wildman–Crippen MR) is 125 cm³/mol. The molecule has 1 fully saturated rings. The normalized spacial score (nSPS) is 22.0. The number of rotatable bonds is 6. The highest BCUT2D eigenvalue weighted by atomic mass is 19.1. The van der Waals surface area contributed by atoms with Gasteiger partial charge in [0.2, 0.25) is 0 Å². The van der Waals surface area contributed by atoms with Crippen molar-refractivity contribution in [3.8, 4) is 11.3 Å². The molecular formula is C26H27F2N5O2. The Balaban J connectivity index is 1.61. The minimum Gasteiger partial charge on any atom is -0.383 e. The van der Waals surface area contributed by atoms with Crippen molar-refractivity contribution in [2.45, 2.75) is 44.4 Å². The van der Waals surface area contributed by atoms with Crippen LogP contribution in [0.3, 0.4) is 0 Å². The number of fused-ring (bicyclic) bond motifs is 2. The molecule has 0 aliphatic heterocycles. The summed E-state index contributed by atoms with van der Waals surface area (Å²) in [5.41, 5.74) is 1.83. The lowest BCUT2D eigenvalue weighted by atomic mass is 9.49. The molecule has 0 saturated heterocycles. The summed E-state index contributed by atoms with van der Waals surface area (Å²) in [6.07, 6.45) is 5.52. The van der Waals surface area contributed by atoms with Crippen molar-refractivity contribution in [3.63, 3.8) is 0 Å². The largest absolute Gasteiger partial charge is 0.383 e. The zero-order valence-corrected chi connectivity index (χ0v) is 19.9. The van der Waals surface area contributed by atoms with Crippen LogP contribution in [-0.4, -0.2) is 46.3 Å². The molecular weight excluding hydrogens is 452 g/mol. The van der Waals surface area contributed by atoms with Gasteiger partial charge in [-0.25, -0.2) is 13.8 Å². The molecule has 6 rings (SSSR count). The van der Waals surface area contributed by atoms with Crippen molar-refractivity contribution < 1.29 is 18.3 Å². The number of aromatic nitrogens is 4. The summed E-state index contributed by atoms with van der Waals surface area (Å²) >= 11 is 0. The Bertz CT molecular complexity index is 1280. The standard InChI is InChI=1S/C26H27F2N5O2/c1-25(2)14-26(21-13-29-12-20(31-21)24(34)30-9-10-35-3)8-7-16(25)15-11-19(32-33-23(15)26)22-17(27)5-4-6-18(22)28/h4-6,11-13,16H,7-10,14H2,1-3H3,(H,30,34)/t16-,26-/m0/s1. The Labute approximate surface area is 202 Å². The van der Waals surface area contributed by atoms with E-state index in [1.807, 2.05) is 0 Å². The molecule has 1 saturated carbocycles. The summed E-state index contributed by atoms with van der Waals surface area (Å²) in [6.45, 7) is 5.14. The predicted octanol–water partition coefficient (Wildman–Crippen LogP) is 4.18. The van der Waals surface area contributed by atoms with E-state index in [4.69, 9.17) is 9.72 Å². The number of hydrogen-bond donors (Lipinski definition) is 1. The molecule has 2 aromatic heterocycles. The first kappa shape index (κ1) is 23.4. The number of nitrogens with zero attached hydrogens (tertiary/aromatic N) is 4. The molecule has 2 heterocycles. The fraction of sp³-hybridized carbons (Fsp3) is 0.423. The number of amides is 1. The number of ether oxygens (including phenoxy) is 1. The van der Waals surface area contributed by atoms with Crippen LogP contribution in [0.25, 0.3) is 11.3 Å². The Morgan fingerprint density at radius 2 is 1.97 bits per heavy atom. The average Bonchev–Trinajstić information content (AvgIpc) is 2.83. The van der Waals surface area contributed by atoms with Crippen molar-refractivity contribution in [1.82, 2.24) is 25.5 Å². The van der Waals surface area contributed by atoms with Crippen molar-refractivity contribution in [2.75, 3.05) is 20.3 Å². The minimum atomic E-state index is -0.674. The van der Waals surface area contributed by atoms with Gasteiger partial charge in [-0.05, 0) is 54.4 Å². The van der Waals surface area contributed by atoms with Gasteiger partial charge in [0, 0.05) is 19.9 Å². The zero-order valence-electron chi connectivity index (χ0n) is 19.9. The highest BCUT2D eigenvalue weighted by Gasteiger charge is 2.56. The summed E-state index contributed by atoms with van der Waals surface area (Å²) < 4.78 is 34.0. The van der Waals surface area contributed by atoms with Crippen LogP contribution in [0.5, 0.6) is 0 Å². The minimum absolute atomic E-state index is 0.127. The summed E-state index contributed by atoms with van der Waals surface area (Å²) in [4.78, 5) is 21.7. The monoisotopic (exact) mass is 479 g/mol. The molecule has 1 N–H and O–H groups in total. The molecule has 0 spiro atoms. The number of benzene rings is 1. The Kier molecular flexibility index (Phi) is 5.83. The van der Waals surface area contributed by atoms with E-state index in [0.29, 0.717) is 18.8 Å². The van der Waals surface area contributed by atoms with E-state index >= 15 is 0 Å². The van der Waals surface area contributed by atoms with Crippen LogP contribution in [-0.2, 0) is 10.2 Å². The molecule has 3 aliphatic carbocycles. The zero-order chi connectivity index (χ0) is 24.8. The lowest BCUT2D eigenvalue weighted by Gasteiger charge is -2.54. The molecule has 0 unspecified atom stereocenters. The first-order chi connectivity index (χ1) is 16.8. The van der Waals surface area contributed by atoms with Gasteiger partial charge in [-0.2, -0.15) is 5.10 Å². The summed E-state index contributed by atoms with van der Waals surface area (Å²) in [6, 6.07) is 5.54. The van der Waals surface area contributed by atoms with Crippen molar-refractivity contribution >= 4 is 5.91 Å². The van der Waals surface area contributed by atoms with E-state index in [-0.39, 0.29) is 34.2 Å². The van der Waals surface area contributed by atoms with Crippen molar-refractivity contribution in [3.05, 3.63) is 70.9 Å². The second-order valence-electron chi connectivity index (χ2n) is 10.0. The molecule has 1 amide bonds. The third-order valence-electron chi connectivity index (χ3n) is 7.38. The first-order valence-electron chi connectivity index (χ1n) is 11.7. The number of halogens is 2. The number of carbonyl (C=O) groups excluding carboxylic acids is 1. The van der Waals surface area contributed by atoms with Crippen LogP contribution in [0, 0.1) is 17.0 Å². The van der Waals surface area contributed by atoms with Crippen LogP contribution in [0.1, 0.15) is 66.5 Å². The molecule has 1 aromatic carbocycles. The van der Waals surface area contributed by atoms with Gasteiger partial charge in [-0.15, -0.1) is 5.10 Å². The molecule has 2 atom stereocenters. The van der Waals surface area contributed by atoms with Gasteiger partial charge in [0.1, 0.15) is 17.3 Å². The Hall–Kier alpha value is -3.33. The van der Waals surface area contributed by atoms with E-state index in [2.05, 4.69) is 34.3 Å². The number of carbonyl (C=O) groups is 1. The highest BCUT2D eigenvalue weighted by molar-refractivity contribution is 5.92. The fourth-order valence-corrected chi connectivity index (χ4v) is 5.86. The maximum absolute atomic E-state index is 14.5. The van der Waals surface area contributed by atoms with Crippen LogP contribution in [0.2, 0.25) is 0 Å². The lowest BCUT2D eigenvalue weighted by Crippen LogP contribution is -2.49. The van der Waals surface area contributed by atoms with Gasteiger partial charge in [0.15, 0.2) is 0 Å².